The Balaban J connectivity index is 2.41. The van der Waals surface area contributed by atoms with Gasteiger partial charge in [-0.3, -0.25) is 0 Å². The molecule has 0 saturated heterocycles. The first-order chi connectivity index (χ1) is 10.2. The summed E-state index contributed by atoms with van der Waals surface area (Å²) in [6.45, 7) is 0. The lowest BCUT2D eigenvalue weighted by molar-refractivity contribution is 0.395. The zero-order chi connectivity index (χ0) is 15.2. The Bertz CT molecular complexity index is 658. The number of benzene rings is 2. The van der Waals surface area contributed by atoms with Gasteiger partial charge >= 0.3 is 0 Å². The van der Waals surface area contributed by atoms with Gasteiger partial charge in [0.25, 0.3) is 0 Å². The molecular weight excluding hydrogens is 284 g/mol. The normalized spacial score (nSPS) is 9.81. The average molecular weight is 300 g/mol. The minimum absolute atomic E-state index is 0.631. The van der Waals surface area contributed by atoms with Crippen LogP contribution < -0.4 is 14.8 Å². The van der Waals surface area contributed by atoms with Crippen molar-refractivity contribution < 1.29 is 9.47 Å². The standard InChI is InChI=1S/C16H16N2O2S/c1-19-12-7-11(8-13(9-12)20-2)18-15-5-4-6-16(21-3)14(15)10-17/h4-9,18H,1-3H3. The van der Waals surface area contributed by atoms with Crippen molar-refractivity contribution in [2.24, 2.45) is 0 Å². The molecular formula is C16H16N2O2S. The highest BCUT2D eigenvalue weighted by atomic mass is 32.2. The highest BCUT2D eigenvalue weighted by Gasteiger charge is 2.09. The average Bonchev–Trinajstić information content (AvgIpc) is 2.54. The van der Waals surface area contributed by atoms with Crippen LogP contribution in [0.2, 0.25) is 0 Å². The first-order valence-corrected chi connectivity index (χ1v) is 7.51. The molecule has 0 amide bonds. The zero-order valence-corrected chi connectivity index (χ0v) is 13.0. The van der Waals surface area contributed by atoms with E-state index < -0.39 is 0 Å². The fraction of sp³-hybridized carbons (Fsp3) is 0.188. The summed E-state index contributed by atoms with van der Waals surface area (Å²) in [5.41, 5.74) is 2.20. The molecule has 0 aliphatic carbocycles. The van der Waals surface area contributed by atoms with Crippen LogP contribution in [0.15, 0.2) is 41.3 Å². The van der Waals surface area contributed by atoms with Gasteiger partial charge in [0.15, 0.2) is 0 Å². The maximum atomic E-state index is 9.36. The Morgan fingerprint density at radius 3 is 2.29 bits per heavy atom. The highest BCUT2D eigenvalue weighted by Crippen LogP contribution is 2.31. The summed E-state index contributed by atoms with van der Waals surface area (Å²) in [7, 11) is 3.21. The summed E-state index contributed by atoms with van der Waals surface area (Å²) in [5, 5.41) is 12.6. The summed E-state index contributed by atoms with van der Waals surface area (Å²) >= 11 is 1.55. The topological polar surface area (TPSA) is 54.3 Å². The molecule has 4 nitrogen and oxygen atoms in total. The van der Waals surface area contributed by atoms with E-state index >= 15 is 0 Å². The molecule has 0 bridgehead atoms. The molecule has 108 valence electrons. The molecule has 0 fully saturated rings. The summed E-state index contributed by atoms with van der Waals surface area (Å²) in [4.78, 5) is 0.942. The number of methoxy groups -OCH3 is 2. The molecule has 0 radical (unpaired) electrons. The number of nitriles is 1. The minimum atomic E-state index is 0.631. The molecule has 0 spiro atoms. The third-order valence-corrected chi connectivity index (χ3v) is 3.77. The van der Waals surface area contributed by atoms with Gasteiger partial charge in [0, 0.05) is 28.8 Å². The van der Waals surface area contributed by atoms with E-state index in [2.05, 4.69) is 11.4 Å². The molecule has 0 unspecified atom stereocenters. The van der Waals surface area contributed by atoms with E-state index in [0.29, 0.717) is 17.1 Å². The van der Waals surface area contributed by atoms with E-state index in [1.165, 1.54) is 0 Å². The molecule has 0 aliphatic rings. The Morgan fingerprint density at radius 1 is 1.10 bits per heavy atom. The van der Waals surface area contributed by atoms with Crippen LogP contribution in [0.1, 0.15) is 5.56 Å². The molecule has 2 aromatic rings. The van der Waals surface area contributed by atoms with Crippen LogP contribution in [-0.2, 0) is 0 Å². The fourth-order valence-corrected chi connectivity index (χ4v) is 2.53. The van der Waals surface area contributed by atoms with Crippen LogP contribution in [0.3, 0.4) is 0 Å². The van der Waals surface area contributed by atoms with Gasteiger partial charge in [-0.25, -0.2) is 0 Å². The highest BCUT2D eigenvalue weighted by molar-refractivity contribution is 7.98. The number of rotatable bonds is 5. The zero-order valence-electron chi connectivity index (χ0n) is 12.1. The van der Waals surface area contributed by atoms with Crippen molar-refractivity contribution in [2.75, 3.05) is 25.8 Å². The Morgan fingerprint density at radius 2 is 1.76 bits per heavy atom. The van der Waals surface area contributed by atoms with Gasteiger partial charge < -0.3 is 14.8 Å². The third kappa shape index (κ3) is 3.41. The van der Waals surface area contributed by atoms with Gasteiger partial charge in [0.1, 0.15) is 17.6 Å². The molecule has 0 saturated carbocycles. The lowest BCUT2D eigenvalue weighted by atomic mass is 10.2. The van der Waals surface area contributed by atoms with Gasteiger partial charge in [0.2, 0.25) is 0 Å². The molecule has 1 N–H and O–H groups in total. The number of nitrogens with one attached hydrogen (secondary N) is 1. The van der Waals surface area contributed by atoms with Crippen molar-refractivity contribution in [3.8, 4) is 17.6 Å². The van der Waals surface area contributed by atoms with E-state index in [1.807, 2.05) is 36.6 Å². The largest absolute Gasteiger partial charge is 0.497 e. The van der Waals surface area contributed by atoms with Gasteiger partial charge in [-0.2, -0.15) is 5.26 Å². The Labute approximate surface area is 128 Å². The molecule has 2 aromatic carbocycles. The smallest absolute Gasteiger partial charge is 0.124 e. The second kappa shape index (κ2) is 6.91. The van der Waals surface area contributed by atoms with Gasteiger partial charge in [0.05, 0.1) is 25.5 Å². The van der Waals surface area contributed by atoms with E-state index in [-0.39, 0.29) is 0 Å². The van der Waals surface area contributed by atoms with Crippen molar-refractivity contribution >= 4 is 23.1 Å². The van der Waals surface area contributed by atoms with Crippen LogP contribution in [-0.4, -0.2) is 20.5 Å². The predicted molar refractivity (Wildman–Crippen MR) is 85.8 cm³/mol. The molecule has 21 heavy (non-hydrogen) atoms. The lowest BCUT2D eigenvalue weighted by Gasteiger charge is -2.13. The van der Waals surface area contributed by atoms with Crippen molar-refractivity contribution in [3.05, 3.63) is 42.0 Å². The molecule has 0 atom stereocenters. The lowest BCUT2D eigenvalue weighted by Crippen LogP contribution is -1.96. The minimum Gasteiger partial charge on any atom is -0.497 e. The second-order valence-corrected chi connectivity index (χ2v) is 5.07. The number of anilines is 2. The number of thioether (sulfide) groups is 1. The Hall–Kier alpha value is -2.32. The van der Waals surface area contributed by atoms with Crippen LogP contribution in [0.5, 0.6) is 11.5 Å². The van der Waals surface area contributed by atoms with E-state index in [4.69, 9.17) is 9.47 Å². The first-order valence-electron chi connectivity index (χ1n) is 6.29. The van der Waals surface area contributed by atoms with Crippen LogP contribution in [0.4, 0.5) is 11.4 Å². The number of hydrogen-bond acceptors (Lipinski definition) is 5. The van der Waals surface area contributed by atoms with E-state index in [9.17, 15) is 5.26 Å². The van der Waals surface area contributed by atoms with Gasteiger partial charge in [-0.15, -0.1) is 11.8 Å². The van der Waals surface area contributed by atoms with Crippen LogP contribution in [0.25, 0.3) is 0 Å². The number of hydrogen-bond donors (Lipinski definition) is 1. The second-order valence-electron chi connectivity index (χ2n) is 4.22. The van der Waals surface area contributed by atoms with Crippen LogP contribution >= 0.6 is 11.8 Å². The first kappa shape index (κ1) is 15.1. The summed E-state index contributed by atoms with van der Waals surface area (Å²) in [5.74, 6) is 1.38. The van der Waals surface area contributed by atoms with Crippen molar-refractivity contribution in [1.82, 2.24) is 0 Å². The molecule has 0 aromatic heterocycles. The predicted octanol–water partition coefficient (Wildman–Crippen LogP) is 4.04. The molecule has 0 heterocycles. The maximum absolute atomic E-state index is 9.36. The van der Waals surface area contributed by atoms with E-state index in [0.717, 1.165) is 16.3 Å². The van der Waals surface area contributed by atoms with Gasteiger partial charge in [-0.05, 0) is 18.4 Å². The number of nitrogens with zero attached hydrogens (tertiary/aromatic N) is 1. The molecule has 5 heteroatoms. The Kier molecular flexibility index (Phi) is 4.96. The SMILES string of the molecule is COc1cc(Nc2cccc(SC)c2C#N)cc(OC)c1. The van der Waals surface area contributed by atoms with Crippen molar-refractivity contribution in [1.29, 1.82) is 5.26 Å². The molecule has 0 aliphatic heterocycles. The van der Waals surface area contributed by atoms with Crippen LogP contribution in [0, 0.1) is 11.3 Å². The summed E-state index contributed by atoms with van der Waals surface area (Å²) in [6.07, 6.45) is 1.95. The van der Waals surface area contributed by atoms with Crippen molar-refractivity contribution in [3.63, 3.8) is 0 Å². The summed E-state index contributed by atoms with van der Waals surface area (Å²) < 4.78 is 10.5. The van der Waals surface area contributed by atoms with E-state index in [1.54, 1.807) is 32.0 Å². The fourth-order valence-electron chi connectivity index (χ4n) is 1.96. The van der Waals surface area contributed by atoms with Gasteiger partial charge in [-0.1, -0.05) is 6.07 Å². The maximum Gasteiger partial charge on any atom is 0.124 e. The third-order valence-electron chi connectivity index (χ3n) is 2.99. The molecule has 2 rings (SSSR count). The number of ether oxygens (including phenoxy) is 2. The van der Waals surface area contributed by atoms with Crippen molar-refractivity contribution in [2.45, 2.75) is 4.90 Å². The quantitative estimate of drug-likeness (QED) is 0.845. The summed E-state index contributed by atoms with van der Waals surface area (Å²) in [6, 6.07) is 13.5. The monoisotopic (exact) mass is 300 g/mol.